The van der Waals surface area contributed by atoms with Crippen LogP contribution in [0.1, 0.15) is 53.4 Å². The molecule has 2 atom stereocenters. The lowest BCUT2D eigenvalue weighted by Gasteiger charge is -2.39. The SMILES string of the molecule is CC1CC(NC2CCN(C(C)C)CC2)CC(C)O1. The quantitative estimate of drug-likeness (QED) is 0.837. The fraction of sp³-hybridized carbons (Fsp3) is 1.00. The van der Waals surface area contributed by atoms with Crippen LogP contribution in [0, 0.1) is 0 Å². The molecule has 1 N–H and O–H groups in total. The van der Waals surface area contributed by atoms with E-state index in [1.165, 1.54) is 38.8 Å². The van der Waals surface area contributed by atoms with E-state index in [1.807, 2.05) is 0 Å². The van der Waals surface area contributed by atoms with Gasteiger partial charge in [-0.2, -0.15) is 0 Å². The van der Waals surface area contributed by atoms with Crippen LogP contribution in [0.5, 0.6) is 0 Å². The van der Waals surface area contributed by atoms with Crippen LogP contribution in [0.4, 0.5) is 0 Å². The molecule has 0 aromatic rings. The molecule has 0 aromatic heterocycles. The molecule has 3 nitrogen and oxygen atoms in total. The number of nitrogens with zero attached hydrogens (tertiary/aromatic N) is 1. The molecule has 0 amide bonds. The van der Waals surface area contributed by atoms with E-state index in [1.54, 1.807) is 0 Å². The van der Waals surface area contributed by atoms with Gasteiger partial charge in [0, 0.05) is 18.1 Å². The minimum Gasteiger partial charge on any atom is -0.375 e. The van der Waals surface area contributed by atoms with Gasteiger partial charge in [0.1, 0.15) is 0 Å². The van der Waals surface area contributed by atoms with E-state index in [4.69, 9.17) is 4.74 Å². The molecule has 2 unspecified atom stereocenters. The molecule has 2 aliphatic rings. The largest absolute Gasteiger partial charge is 0.375 e. The molecule has 0 bridgehead atoms. The monoisotopic (exact) mass is 254 g/mol. The Hall–Kier alpha value is -0.120. The third-order valence-corrected chi connectivity index (χ3v) is 4.43. The molecule has 2 saturated heterocycles. The van der Waals surface area contributed by atoms with Gasteiger partial charge in [-0.15, -0.1) is 0 Å². The normalized spacial score (nSPS) is 36.2. The van der Waals surface area contributed by atoms with Crippen molar-refractivity contribution in [2.45, 2.75) is 83.7 Å². The average Bonchev–Trinajstić information content (AvgIpc) is 2.28. The van der Waals surface area contributed by atoms with Gasteiger partial charge in [-0.25, -0.2) is 0 Å². The maximum Gasteiger partial charge on any atom is 0.0565 e. The lowest BCUT2D eigenvalue weighted by atomic mass is 9.96. The van der Waals surface area contributed by atoms with Gasteiger partial charge in [-0.1, -0.05) is 0 Å². The average molecular weight is 254 g/mol. The van der Waals surface area contributed by atoms with Gasteiger partial charge in [0.25, 0.3) is 0 Å². The first-order valence-electron chi connectivity index (χ1n) is 7.70. The maximum atomic E-state index is 5.81. The van der Waals surface area contributed by atoms with Gasteiger partial charge >= 0.3 is 0 Å². The first-order valence-corrected chi connectivity index (χ1v) is 7.70. The van der Waals surface area contributed by atoms with Crippen molar-refractivity contribution in [2.75, 3.05) is 13.1 Å². The Morgan fingerprint density at radius 1 is 1.00 bits per heavy atom. The highest BCUT2D eigenvalue weighted by atomic mass is 16.5. The van der Waals surface area contributed by atoms with Crippen molar-refractivity contribution in [3.05, 3.63) is 0 Å². The van der Waals surface area contributed by atoms with E-state index in [2.05, 4.69) is 37.9 Å². The Kier molecular flexibility index (Phi) is 5.05. The molecule has 2 rings (SSSR count). The van der Waals surface area contributed by atoms with Crippen molar-refractivity contribution in [3.63, 3.8) is 0 Å². The summed E-state index contributed by atoms with van der Waals surface area (Å²) < 4.78 is 5.81. The summed E-state index contributed by atoms with van der Waals surface area (Å²) >= 11 is 0. The smallest absolute Gasteiger partial charge is 0.0565 e. The summed E-state index contributed by atoms with van der Waals surface area (Å²) in [6, 6.07) is 2.09. The highest BCUT2D eigenvalue weighted by molar-refractivity contribution is 4.85. The molecular formula is C15H30N2O. The van der Waals surface area contributed by atoms with Crippen LogP contribution in [-0.4, -0.2) is 48.3 Å². The first-order chi connectivity index (χ1) is 8.54. The van der Waals surface area contributed by atoms with E-state index >= 15 is 0 Å². The minimum atomic E-state index is 0.419. The van der Waals surface area contributed by atoms with E-state index in [9.17, 15) is 0 Å². The predicted molar refractivity (Wildman–Crippen MR) is 75.9 cm³/mol. The summed E-state index contributed by atoms with van der Waals surface area (Å²) in [5, 5.41) is 3.87. The molecule has 2 fully saturated rings. The second-order valence-electron chi connectivity index (χ2n) is 6.50. The topological polar surface area (TPSA) is 24.5 Å². The molecule has 0 aromatic carbocycles. The molecule has 0 aliphatic carbocycles. The lowest BCUT2D eigenvalue weighted by Crippen LogP contribution is -2.50. The molecule has 106 valence electrons. The van der Waals surface area contributed by atoms with Crippen molar-refractivity contribution in [1.82, 2.24) is 10.2 Å². The molecule has 2 heterocycles. The zero-order chi connectivity index (χ0) is 13.1. The van der Waals surface area contributed by atoms with Gasteiger partial charge in [-0.05, 0) is 66.5 Å². The molecule has 0 spiro atoms. The molecule has 0 saturated carbocycles. The summed E-state index contributed by atoms with van der Waals surface area (Å²) in [6.07, 6.45) is 5.80. The van der Waals surface area contributed by atoms with Gasteiger partial charge in [0.05, 0.1) is 12.2 Å². The number of ether oxygens (including phenoxy) is 1. The first kappa shape index (κ1) is 14.3. The number of likely N-dealkylation sites (tertiary alicyclic amines) is 1. The van der Waals surface area contributed by atoms with E-state index in [-0.39, 0.29) is 0 Å². The molecular weight excluding hydrogens is 224 g/mol. The third-order valence-electron chi connectivity index (χ3n) is 4.43. The van der Waals surface area contributed by atoms with Crippen molar-refractivity contribution in [1.29, 1.82) is 0 Å². The Labute approximate surface area is 112 Å². The summed E-state index contributed by atoms with van der Waals surface area (Å²) in [4.78, 5) is 2.59. The maximum absolute atomic E-state index is 5.81. The van der Waals surface area contributed by atoms with E-state index < -0.39 is 0 Å². The van der Waals surface area contributed by atoms with Crippen LogP contribution >= 0.6 is 0 Å². The fourth-order valence-electron chi connectivity index (χ4n) is 3.46. The highest BCUT2D eigenvalue weighted by Crippen LogP contribution is 2.21. The Balaban J connectivity index is 1.74. The zero-order valence-electron chi connectivity index (χ0n) is 12.5. The van der Waals surface area contributed by atoms with Crippen LogP contribution in [0.2, 0.25) is 0 Å². The zero-order valence-corrected chi connectivity index (χ0v) is 12.5. The minimum absolute atomic E-state index is 0.419. The molecule has 0 radical (unpaired) electrons. The van der Waals surface area contributed by atoms with Crippen LogP contribution < -0.4 is 5.32 Å². The summed E-state index contributed by atoms with van der Waals surface area (Å²) in [5.41, 5.74) is 0. The van der Waals surface area contributed by atoms with Crippen molar-refractivity contribution in [2.24, 2.45) is 0 Å². The van der Waals surface area contributed by atoms with Crippen molar-refractivity contribution >= 4 is 0 Å². The number of nitrogens with one attached hydrogen (secondary N) is 1. The van der Waals surface area contributed by atoms with Gasteiger partial charge in [0.2, 0.25) is 0 Å². The number of piperidine rings is 1. The van der Waals surface area contributed by atoms with Crippen LogP contribution in [0.3, 0.4) is 0 Å². The van der Waals surface area contributed by atoms with Gasteiger partial charge in [0.15, 0.2) is 0 Å². The van der Waals surface area contributed by atoms with Gasteiger partial charge < -0.3 is 15.0 Å². The standard InChI is InChI=1S/C15H30N2O/c1-11(2)17-7-5-14(6-8-17)16-15-9-12(3)18-13(4)10-15/h11-16H,5-10H2,1-4H3. The Morgan fingerprint density at radius 3 is 2.06 bits per heavy atom. The summed E-state index contributed by atoms with van der Waals surface area (Å²) in [5.74, 6) is 0. The summed E-state index contributed by atoms with van der Waals surface area (Å²) in [6.45, 7) is 11.5. The number of hydrogen-bond donors (Lipinski definition) is 1. The van der Waals surface area contributed by atoms with Crippen molar-refractivity contribution in [3.8, 4) is 0 Å². The number of hydrogen-bond acceptors (Lipinski definition) is 3. The Bertz CT molecular complexity index is 239. The van der Waals surface area contributed by atoms with Crippen LogP contribution in [0.25, 0.3) is 0 Å². The number of rotatable bonds is 3. The lowest BCUT2D eigenvalue weighted by molar-refractivity contribution is -0.0446. The highest BCUT2D eigenvalue weighted by Gasteiger charge is 2.28. The van der Waals surface area contributed by atoms with Crippen LogP contribution in [-0.2, 0) is 4.74 Å². The molecule has 3 heteroatoms. The van der Waals surface area contributed by atoms with Crippen molar-refractivity contribution < 1.29 is 4.74 Å². The van der Waals surface area contributed by atoms with E-state index in [0.29, 0.717) is 24.3 Å². The molecule has 2 aliphatic heterocycles. The summed E-state index contributed by atoms with van der Waals surface area (Å²) in [7, 11) is 0. The van der Waals surface area contributed by atoms with Gasteiger partial charge in [-0.3, -0.25) is 0 Å². The second kappa shape index (κ2) is 6.36. The third kappa shape index (κ3) is 3.94. The Morgan fingerprint density at radius 2 is 1.56 bits per heavy atom. The predicted octanol–water partition coefficient (Wildman–Crippen LogP) is 2.40. The second-order valence-corrected chi connectivity index (χ2v) is 6.50. The fourth-order valence-corrected chi connectivity index (χ4v) is 3.46. The van der Waals surface area contributed by atoms with Crippen LogP contribution in [0.15, 0.2) is 0 Å². The van der Waals surface area contributed by atoms with E-state index in [0.717, 1.165) is 6.04 Å². The molecule has 18 heavy (non-hydrogen) atoms.